The smallest absolute Gasteiger partial charge is 0.417 e. The summed E-state index contributed by atoms with van der Waals surface area (Å²) in [5.74, 6) is 0.317. The Bertz CT molecular complexity index is 669. The molecule has 1 aromatic heterocycles. The van der Waals surface area contributed by atoms with Gasteiger partial charge in [-0.2, -0.15) is 13.2 Å². The largest absolute Gasteiger partial charge is 0.466 e. The van der Waals surface area contributed by atoms with Crippen LogP contribution in [0.4, 0.5) is 19.0 Å². The van der Waals surface area contributed by atoms with Gasteiger partial charge in [-0.25, -0.2) is 4.98 Å². The van der Waals surface area contributed by atoms with E-state index in [0.717, 1.165) is 12.3 Å². The third-order valence-electron chi connectivity index (χ3n) is 3.77. The number of carbonyl (C=O) groups is 1. The molecule has 0 radical (unpaired) electrons. The van der Waals surface area contributed by atoms with Crippen LogP contribution in [0.3, 0.4) is 0 Å². The van der Waals surface area contributed by atoms with Crippen LogP contribution >= 0.6 is 11.6 Å². The van der Waals surface area contributed by atoms with Crippen LogP contribution in [0.1, 0.15) is 18.9 Å². The second-order valence-corrected chi connectivity index (χ2v) is 5.88. The van der Waals surface area contributed by atoms with E-state index in [-0.39, 0.29) is 18.1 Å². The van der Waals surface area contributed by atoms with E-state index in [4.69, 9.17) is 22.1 Å². The second kappa shape index (κ2) is 7.90. The van der Waals surface area contributed by atoms with Crippen molar-refractivity contribution >= 4 is 29.2 Å². The average Bonchev–Trinajstić information content (AvgIpc) is 2.54. The zero-order chi connectivity index (χ0) is 18.6. The number of ether oxygens (including phenoxy) is 1. The molecule has 25 heavy (non-hydrogen) atoms. The third kappa shape index (κ3) is 4.97. The number of alkyl halides is 3. The molecular weight excluding hydrogens is 361 g/mol. The van der Waals surface area contributed by atoms with Crippen molar-refractivity contribution in [3.8, 4) is 0 Å². The van der Waals surface area contributed by atoms with Gasteiger partial charge in [0.1, 0.15) is 25.3 Å². The summed E-state index contributed by atoms with van der Waals surface area (Å²) in [6.07, 6.45) is -3.70. The number of pyridine rings is 1. The van der Waals surface area contributed by atoms with Gasteiger partial charge in [0.05, 0.1) is 30.3 Å². The number of nitrogens with zero attached hydrogens (tertiary/aromatic N) is 3. The number of anilines is 1. The van der Waals surface area contributed by atoms with Gasteiger partial charge in [-0.1, -0.05) is 11.6 Å². The van der Waals surface area contributed by atoms with Crippen LogP contribution in [0.2, 0.25) is 5.02 Å². The van der Waals surface area contributed by atoms with Crippen molar-refractivity contribution in [3.63, 3.8) is 0 Å². The summed E-state index contributed by atoms with van der Waals surface area (Å²) in [6, 6.07) is 0.873. The Kier molecular flexibility index (Phi) is 6.10. The first-order chi connectivity index (χ1) is 11.7. The molecule has 2 N–H and O–H groups in total. The quantitative estimate of drug-likeness (QED) is 0.491. The Morgan fingerprint density at radius 2 is 2.08 bits per heavy atom. The van der Waals surface area contributed by atoms with Crippen LogP contribution in [-0.4, -0.2) is 54.2 Å². The Balaban J connectivity index is 2.04. The molecule has 0 saturated carbocycles. The van der Waals surface area contributed by atoms with Crippen molar-refractivity contribution in [2.24, 2.45) is 5.73 Å². The molecule has 2 rings (SSSR count). The number of esters is 1. The number of aromatic nitrogens is 1. The van der Waals surface area contributed by atoms with Crippen LogP contribution in [0.5, 0.6) is 0 Å². The maximum atomic E-state index is 12.7. The van der Waals surface area contributed by atoms with Gasteiger partial charge in [-0.3, -0.25) is 15.1 Å². The summed E-state index contributed by atoms with van der Waals surface area (Å²) >= 11 is 5.96. The lowest BCUT2D eigenvalue weighted by atomic mass is 10.2. The highest BCUT2D eigenvalue weighted by Crippen LogP contribution is 2.33. The second-order valence-electron chi connectivity index (χ2n) is 5.47. The van der Waals surface area contributed by atoms with Crippen molar-refractivity contribution < 1.29 is 27.3 Å². The zero-order valence-corrected chi connectivity index (χ0v) is 14.4. The molecule has 2 heterocycles. The summed E-state index contributed by atoms with van der Waals surface area (Å²) in [7, 11) is 0. The molecule has 0 bridgehead atoms. The van der Waals surface area contributed by atoms with Crippen LogP contribution in [0, 0.1) is 0 Å². The first-order valence-electron chi connectivity index (χ1n) is 7.72. The van der Waals surface area contributed by atoms with Crippen LogP contribution in [-0.2, 0) is 15.7 Å². The summed E-state index contributed by atoms with van der Waals surface area (Å²) in [4.78, 5) is 17.1. The van der Waals surface area contributed by atoms with E-state index in [9.17, 15) is 18.0 Å². The molecule has 0 spiro atoms. The van der Waals surface area contributed by atoms with E-state index in [1.54, 1.807) is 11.8 Å². The summed E-state index contributed by atoms with van der Waals surface area (Å²) in [6.45, 7) is 3.96. The van der Waals surface area contributed by atoms with E-state index < -0.39 is 17.7 Å². The molecule has 0 aromatic carbocycles. The van der Waals surface area contributed by atoms with Gasteiger partial charge < -0.3 is 9.64 Å². The normalized spacial score (nSPS) is 15.2. The van der Waals surface area contributed by atoms with Crippen molar-refractivity contribution in [2.45, 2.75) is 19.5 Å². The monoisotopic (exact) mass is 379 g/mol. The maximum Gasteiger partial charge on any atom is 0.417 e. The number of carbonyl (C=O) groups excluding carboxylic acids is 1. The molecule has 1 fully saturated rings. The van der Waals surface area contributed by atoms with Crippen molar-refractivity contribution in [1.29, 1.82) is 0 Å². The fraction of sp³-hybridized carbons (Fsp3) is 0.533. The lowest BCUT2D eigenvalue weighted by Crippen LogP contribution is -2.46. The summed E-state index contributed by atoms with van der Waals surface area (Å²) < 4.78 is 44.7. The van der Waals surface area contributed by atoms with E-state index in [1.165, 1.54) is 0 Å². The molecular formula is C15H19ClF3N4O2+. The van der Waals surface area contributed by atoms with Crippen molar-refractivity contribution in [2.75, 3.05) is 37.7 Å². The highest BCUT2D eigenvalue weighted by Gasteiger charge is 2.32. The summed E-state index contributed by atoms with van der Waals surface area (Å²) in [5.41, 5.74) is 5.04. The molecule has 10 heteroatoms. The van der Waals surface area contributed by atoms with Gasteiger partial charge in [-0.05, 0) is 13.0 Å². The van der Waals surface area contributed by atoms with Crippen molar-refractivity contribution in [1.82, 2.24) is 4.98 Å². The predicted octanol–water partition coefficient (Wildman–Crippen LogP) is 1.90. The van der Waals surface area contributed by atoms with E-state index in [2.05, 4.69) is 4.98 Å². The standard InChI is InChI=1S/C15H18ClF3N4O2/c1-2-25-13(24)8-12(20)22-3-5-23(6-4-22)14-11(16)7-10(9-21-14)15(17,18)19/h7,9,20H,2-6,8H2,1H3/p+1. The zero-order valence-electron chi connectivity index (χ0n) is 13.6. The Morgan fingerprint density at radius 1 is 1.44 bits per heavy atom. The maximum absolute atomic E-state index is 12.7. The SMILES string of the molecule is CCOC(=O)CC(N)=[N+]1CCN(c2ncc(C(F)(F)F)cc2Cl)CC1. The number of amidine groups is 1. The molecule has 0 unspecified atom stereocenters. The van der Waals surface area contributed by atoms with Gasteiger partial charge >= 0.3 is 12.1 Å². The van der Waals surface area contributed by atoms with Gasteiger partial charge in [-0.15, -0.1) is 0 Å². The van der Waals surface area contributed by atoms with Crippen LogP contribution in [0.25, 0.3) is 0 Å². The van der Waals surface area contributed by atoms with Gasteiger partial charge in [0.25, 0.3) is 5.84 Å². The molecule has 1 aliphatic heterocycles. The molecule has 138 valence electrons. The molecule has 0 amide bonds. The molecule has 0 atom stereocenters. The first-order valence-corrected chi connectivity index (χ1v) is 8.09. The number of halogens is 4. The number of piperazine rings is 1. The topological polar surface area (TPSA) is 71.5 Å². The first kappa shape index (κ1) is 19.3. The van der Waals surface area contributed by atoms with E-state index in [0.29, 0.717) is 37.8 Å². The van der Waals surface area contributed by atoms with Crippen LogP contribution < -0.4 is 10.6 Å². The third-order valence-corrected chi connectivity index (χ3v) is 4.04. The fourth-order valence-electron chi connectivity index (χ4n) is 2.50. The fourth-order valence-corrected chi connectivity index (χ4v) is 2.78. The molecule has 1 aromatic rings. The lowest BCUT2D eigenvalue weighted by molar-refractivity contribution is -0.531. The van der Waals surface area contributed by atoms with Crippen molar-refractivity contribution in [3.05, 3.63) is 22.8 Å². The Labute approximate surface area is 148 Å². The number of nitrogens with two attached hydrogens (primary N) is 1. The summed E-state index contributed by atoms with van der Waals surface area (Å²) in [5, 5.41) is -0.0493. The highest BCUT2D eigenvalue weighted by atomic mass is 35.5. The minimum Gasteiger partial charge on any atom is -0.466 e. The van der Waals surface area contributed by atoms with Gasteiger partial charge in [0.15, 0.2) is 0 Å². The Morgan fingerprint density at radius 3 is 2.60 bits per heavy atom. The van der Waals surface area contributed by atoms with E-state index >= 15 is 0 Å². The minimum absolute atomic E-state index is 0.00707. The van der Waals surface area contributed by atoms with E-state index in [1.807, 2.05) is 4.58 Å². The number of hydrogen-bond acceptors (Lipinski definition) is 4. The Hall–Kier alpha value is -2.03. The minimum atomic E-state index is -4.48. The molecule has 1 saturated heterocycles. The van der Waals surface area contributed by atoms with Gasteiger partial charge in [0, 0.05) is 6.20 Å². The van der Waals surface area contributed by atoms with Crippen LogP contribution in [0.15, 0.2) is 12.3 Å². The number of rotatable bonds is 4. The molecule has 0 aliphatic carbocycles. The average molecular weight is 380 g/mol. The van der Waals surface area contributed by atoms with Gasteiger partial charge in [0.2, 0.25) is 0 Å². The lowest BCUT2D eigenvalue weighted by Gasteiger charge is -2.29. The molecule has 1 aliphatic rings. The highest BCUT2D eigenvalue weighted by molar-refractivity contribution is 6.33. The molecule has 6 nitrogen and oxygen atoms in total. The predicted molar refractivity (Wildman–Crippen MR) is 86.9 cm³/mol. The number of hydrogen-bond donors (Lipinski definition) is 1.